The maximum atomic E-state index is 11.7. The number of aromatic nitrogens is 2. The molecular weight excluding hydrogens is 270 g/mol. The lowest BCUT2D eigenvalue weighted by atomic mass is 10.2. The van der Waals surface area contributed by atoms with Crippen molar-refractivity contribution >= 4 is 17.1 Å². The number of aliphatic hydroxyl groups excluding tert-OH is 1. The molecule has 0 spiro atoms. The van der Waals surface area contributed by atoms with Crippen molar-refractivity contribution in [3.63, 3.8) is 0 Å². The van der Waals surface area contributed by atoms with E-state index < -0.39 is 11.7 Å². The van der Waals surface area contributed by atoms with Crippen LogP contribution in [0.5, 0.6) is 0 Å². The van der Waals surface area contributed by atoms with Crippen LogP contribution in [0.2, 0.25) is 0 Å². The number of rotatable bonds is 4. The van der Waals surface area contributed by atoms with Gasteiger partial charge in [-0.15, -0.1) is 0 Å². The number of carbonyl (C=O) groups excluding carboxylic acids is 1. The number of nitrogens with one attached hydrogen (secondary N) is 1. The Balaban J connectivity index is 2.05. The summed E-state index contributed by atoms with van der Waals surface area (Å²) in [6, 6.07) is 7.37. The minimum absolute atomic E-state index is 0.101. The lowest BCUT2D eigenvalue weighted by Gasteiger charge is -2.22. The van der Waals surface area contributed by atoms with Crippen LogP contribution < -0.4 is 5.32 Å². The molecule has 0 saturated carbocycles. The Bertz CT molecular complexity index is 616. The van der Waals surface area contributed by atoms with Crippen LogP contribution in [0.15, 0.2) is 30.6 Å². The Morgan fingerprint density at radius 2 is 2.14 bits per heavy atom. The molecule has 6 nitrogen and oxygen atoms in total. The Labute approximate surface area is 123 Å². The Morgan fingerprint density at radius 1 is 1.43 bits per heavy atom. The highest BCUT2D eigenvalue weighted by molar-refractivity contribution is 5.75. The van der Waals surface area contributed by atoms with E-state index in [0.29, 0.717) is 0 Å². The Hall–Kier alpha value is -2.08. The van der Waals surface area contributed by atoms with Gasteiger partial charge in [0.2, 0.25) is 0 Å². The number of para-hydroxylation sites is 2. The van der Waals surface area contributed by atoms with E-state index >= 15 is 0 Å². The van der Waals surface area contributed by atoms with Gasteiger partial charge in [-0.3, -0.25) is 0 Å². The van der Waals surface area contributed by atoms with Crippen molar-refractivity contribution in [3.8, 4) is 0 Å². The molecular formula is C15H21N3O3. The first-order chi connectivity index (χ1) is 9.90. The third kappa shape index (κ3) is 3.95. The molecule has 1 aromatic carbocycles. The number of amides is 1. The molecule has 1 atom stereocenters. The van der Waals surface area contributed by atoms with E-state index in [1.165, 1.54) is 0 Å². The first kappa shape index (κ1) is 15.3. The predicted molar refractivity (Wildman–Crippen MR) is 80.1 cm³/mol. The molecule has 1 heterocycles. The molecule has 0 aliphatic heterocycles. The number of carbonyl (C=O) groups is 1. The van der Waals surface area contributed by atoms with Gasteiger partial charge < -0.3 is 19.7 Å². The van der Waals surface area contributed by atoms with Gasteiger partial charge in [0.15, 0.2) is 0 Å². The van der Waals surface area contributed by atoms with Crippen LogP contribution in [-0.2, 0) is 4.74 Å². The Kier molecular flexibility index (Phi) is 4.47. The van der Waals surface area contributed by atoms with E-state index in [4.69, 9.17) is 4.74 Å². The first-order valence-electron chi connectivity index (χ1n) is 6.90. The molecule has 0 radical (unpaired) electrons. The molecule has 0 aliphatic rings. The smallest absolute Gasteiger partial charge is 0.407 e. The van der Waals surface area contributed by atoms with E-state index in [9.17, 15) is 9.90 Å². The fraction of sp³-hybridized carbons (Fsp3) is 0.467. The van der Waals surface area contributed by atoms with Gasteiger partial charge in [-0.05, 0) is 32.9 Å². The standard InChI is InChI=1S/C15H21N3O3/c1-15(2,3)21-14(20)16-8-11(9-19)18-10-17-12-6-4-5-7-13(12)18/h4-7,10-11,19H,8-9H2,1-3H3,(H,16,20). The number of fused-ring (bicyclic) bond motifs is 1. The van der Waals surface area contributed by atoms with E-state index in [1.807, 2.05) is 28.8 Å². The molecule has 6 heteroatoms. The average Bonchev–Trinajstić information content (AvgIpc) is 2.82. The van der Waals surface area contributed by atoms with E-state index in [2.05, 4.69) is 10.3 Å². The number of ether oxygens (including phenoxy) is 1. The van der Waals surface area contributed by atoms with Crippen molar-refractivity contribution in [1.82, 2.24) is 14.9 Å². The van der Waals surface area contributed by atoms with Gasteiger partial charge in [-0.2, -0.15) is 0 Å². The zero-order valence-corrected chi connectivity index (χ0v) is 12.5. The number of alkyl carbamates (subject to hydrolysis) is 1. The monoisotopic (exact) mass is 291 g/mol. The second-order valence-corrected chi connectivity index (χ2v) is 5.86. The fourth-order valence-corrected chi connectivity index (χ4v) is 2.04. The van der Waals surface area contributed by atoms with Crippen LogP contribution in [0.4, 0.5) is 4.79 Å². The van der Waals surface area contributed by atoms with Gasteiger partial charge in [0.05, 0.1) is 30.0 Å². The first-order valence-corrected chi connectivity index (χ1v) is 6.90. The third-order valence-electron chi connectivity index (χ3n) is 2.97. The lowest BCUT2D eigenvalue weighted by Crippen LogP contribution is -2.36. The Morgan fingerprint density at radius 3 is 2.81 bits per heavy atom. The van der Waals surface area contributed by atoms with Crippen LogP contribution in [0, 0.1) is 0 Å². The van der Waals surface area contributed by atoms with Crippen LogP contribution in [-0.4, -0.2) is 39.5 Å². The minimum Gasteiger partial charge on any atom is -0.444 e. The highest BCUT2D eigenvalue weighted by atomic mass is 16.6. The summed E-state index contributed by atoms with van der Waals surface area (Å²) in [5, 5.41) is 12.2. The number of nitrogens with zero attached hydrogens (tertiary/aromatic N) is 2. The summed E-state index contributed by atoms with van der Waals surface area (Å²) in [4.78, 5) is 16.0. The molecule has 0 bridgehead atoms. The van der Waals surface area contributed by atoms with E-state index in [0.717, 1.165) is 11.0 Å². The van der Waals surface area contributed by atoms with Crippen molar-refractivity contribution in [2.75, 3.05) is 13.2 Å². The van der Waals surface area contributed by atoms with Gasteiger partial charge in [-0.25, -0.2) is 9.78 Å². The molecule has 2 aromatic rings. The number of hydrogen-bond donors (Lipinski definition) is 2. The molecule has 0 saturated heterocycles. The molecule has 0 aliphatic carbocycles. The third-order valence-corrected chi connectivity index (χ3v) is 2.97. The van der Waals surface area contributed by atoms with Gasteiger partial charge in [0, 0.05) is 6.54 Å². The molecule has 21 heavy (non-hydrogen) atoms. The van der Waals surface area contributed by atoms with Crippen molar-refractivity contribution in [2.45, 2.75) is 32.4 Å². The lowest BCUT2D eigenvalue weighted by molar-refractivity contribution is 0.0514. The van der Waals surface area contributed by atoms with Crippen LogP contribution in [0.1, 0.15) is 26.8 Å². The van der Waals surface area contributed by atoms with E-state index in [1.54, 1.807) is 27.1 Å². The molecule has 1 unspecified atom stereocenters. The van der Waals surface area contributed by atoms with E-state index in [-0.39, 0.29) is 19.2 Å². The molecule has 1 amide bonds. The summed E-state index contributed by atoms with van der Waals surface area (Å²) in [6.45, 7) is 5.58. The number of imidazole rings is 1. The SMILES string of the molecule is CC(C)(C)OC(=O)NCC(CO)n1cnc2ccccc21. The van der Waals surface area contributed by atoms with Gasteiger partial charge in [-0.1, -0.05) is 12.1 Å². The van der Waals surface area contributed by atoms with Gasteiger partial charge in [0.25, 0.3) is 0 Å². The fourth-order valence-electron chi connectivity index (χ4n) is 2.04. The quantitative estimate of drug-likeness (QED) is 0.904. The molecule has 0 fully saturated rings. The van der Waals surface area contributed by atoms with Crippen molar-refractivity contribution in [3.05, 3.63) is 30.6 Å². The van der Waals surface area contributed by atoms with Crippen LogP contribution >= 0.6 is 0 Å². The van der Waals surface area contributed by atoms with Crippen molar-refractivity contribution < 1.29 is 14.6 Å². The second-order valence-electron chi connectivity index (χ2n) is 5.86. The van der Waals surface area contributed by atoms with Gasteiger partial charge in [0.1, 0.15) is 5.60 Å². The summed E-state index contributed by atoms with van der Waals surface area (Å²) in [6.07, 6.45) is 1.17. The summed E-state index contributed by atoms with van der Waals surface area (Å²) < 4.78 is 7.03. The van der Waals surface area contributed by atoms with Crippen molar-refractivity contribution in [1.29, 1.82) is 0 Å². The maximum Gasteiger partial charge on any atom is 0.407 e. The highest BCUT2D eigenvalue weighted by Gasteiger charge is 2.18. The molecule has 2 rings (SSSR count). The van der Waals surface area contributed by atoms with Crippen molar-refractivity contribution in [2.24, 2.45) is 0 Å². The number of hydrogen-bond acceptors (Lipinski definition) is 4. The largest absolute Gasteiger partial charge is 0.444 e. The average molecular weight is 291 g/mol. The second kappa shape index (κ2) is 6.13. The molecule has 2 N–H and O–H groups in total. The number of benzene rings is 1. The summed E-state index contributed by atoms with van der Waals surface area (Å²) in [5.41, 5.74) is 1.23. The summed E-state index contributed by atoms with van der Waals surface area (Å²) in [5.74, 6) is 0. The molecule has 114 valence electrons. The van der Waals surface area contributed by atoms with Gasteiger partial charge >= 0.3 is 6.09 Å². The summed E-state index contributed by atoms with van der Waals surface area (Å²) >= 11 is 0. The van der Waals surface area contributed by atoms with Crippen LogP contribution in [0.3, 0.4) is 0 Å². The maximum absolute atomic E-state index is 11.7. The minimum atomic E-state index is -0.541. The molecule has 1 aromatic heterocycles. The predicted octanol–water partition coefficient (Wildman–Crippen LogP) is 2.09. The highest BCUT2D eigenvalue weighted by Crippen LogP contribution is 2.17. The van der Waals surface area contributed by atoms with Crippen LogP contribution in [0.25, 0.3) is 11.0 Å². The summed E-state index contributed by atoms with van der Waals surface area (Å²) in [7, 11) is 0. The normalized spacial score (nSPS) is 13.1. The zero-order valence-electron chi connectivity index (χ0n) is 12.5. The number of aliphatic hydroxyl groups is 1. The topological polar surface area (TPSA) is 76.4 Å². The zero-order chi connectivity index (χ0) is 15.5.